The van der Waals surface area contributed by atoms with Gasteiger partial charge in [0.05, 0.1) is 82.7 Å². The molecular formula is C50H62N8O11. The van der Waals surface area contributed by atoms with Crippen LogP contribution in [0.25, 0.3) is 0 Å². The van der Waals surface area contributed by atoms with Gasteiger partial charge < -0.3 is 52.8 Å². The van der Waals surface area contributed by atoms with Gasteiger partial charge in [-0.15, -0.1) is 0 Å². The van der Waals surface area contributed by atoms with Gasteiger partial charge in [0, 0.05) is 63.5 Å². The van der Waals surface area contributed by atoms with E-state index in [0.717, 1.165) is 22.3 Å². The van der Waals surface area contributed by atoms with Crippen molar-refractivity contribution in [2.24, 2.45) is 9.98 Å². The number of methoxy groups -OCH3 is 4. The van der Waals surface area contributed by atoms with Gasteiger partial charge in [0.25, 0.3) is 0 Å². The van der Waals surface area contributed by atoms with Crippen LogP contribution in [0.1, 0.15) is 104 Å². The van der Waals surface area contributed by atoms with E-state index in [4.69, 9.17) is 47.9 Å². The Balaban J connectivity index is 0.956. The van der Waals surface area contributed by atoms with Gasteiger partial charge in [-0.05, 0) is 87.8 Å². The first-order valence-corrected chi connectivity index (χ1v) is 23.4. The average Bonchev–Trinajstić information content (AvgIpc) is 3.35. The summed E-state index contributed by atoms with van der Waals surface area (Å²) in [5.41, 5.74) is 6.09. The largest absolute Gasteiger partial charge is 0.493 e. The minimum Gasteiger partial charge on any atom is -0.493 e. The third-order valence-corrected chi connectivity index (χ3v) is 13.1. The average molecular weight is 951 g/mol. The summed E-state index contributed by atoms with van der Waals surface area (Å²) in [6.45, 7) is 4.67. The van der Waals surface area contributed by atoms with Crippen LogP contribution >= 0.6 is 0 Å². The SMILES string of the molecule is CCOc1cc2c(cc1OC)C(c1cnc(N(C)C)nc1OC)=N[C@H]1CC[C@H](OC(=O)CC(O)C(=O)O[C@H]3CC[C@@H]4N=C(c5cnc(N(C)C)nc5OC)c5cc(OC)c(OCC)cc5[C@@H]4C3)C[C@@H]21. The molecule has 19 heteroatoms. The number of nitrogens with zero attached hydrogens (tertiary/aromatic N) is 8. The number of aliphatic hydroxyl groups excluding tert-OH is 1. The molecule has 2 aromatic heterocycles. The standard InChI is InChI=1S/C50H62N8O11/c1-11-66-41-19-28-30-17-26(13-15-36(30)53-44(32(28)21-39(41)62-7)34-24-51-49(57(3)4)55-46(34)64-9)68-43(60)23-38(59)48(61)69-27-14-16-37-31(18-27)29-20-42(67-12-2)40(63-8)22-33(29)45(54-37)35-25-52-50(58(5)6)56-47(35)65-10/h19-22,24-27,30-31,36-38,59H,11-18,23H2,1-10H3/t26-,27-,30-,31-,36-,37-,38?/m0/s1. The Morgan fingerprint density at radius 1 is 0.623 bits per heavy atom. The topological polar surface area (TPSA) is 211 Å². The van der Waals surface area contributed by atoms with Crippen molar-refractivity contribution in [3.05, 3.63) is 70.0 Å². The van der Waals surface area contributed by atoms with E-state index in [9.17, 15) is 14.7 Å². The molecule has 1 N–H and O–H groups in total. The summed E-state index contributed by atoms with van der Waals surface area (Å²) in [4.78, 5) is 59.5. The molecule has 1 unspecified atom stereocenters. The number of aromatic nitrogens is 4. The Morgan fingerprint density at radius 3 is 1.48 bits per heavy atom. The van der Waals surface area contributed by atoms with Crippen molar-refractivity contribution in [3.8, 4) is 34.8 Å². The van der Waals surface area contributed by atoms with Crippen molar-refractivity contribution in [2.45, 2.75) is 101 Å². The molecule has 4 aromatic rings. The number of hydrogen-bond acceptors (Lipinski definition) is 19. The Bertz CT molecular complexity index is 2620. The molecule has 2 saturated carbocycles. The number of fused-ring (bicyclic) bond motifs is 6. The van der Waals surface area contributed by atoms with E-state index in [-0.39, 0.29) is 23.9 Å². The molecule has 8 rings (SSSR count). The third kappa shape index (κ3) is 9.91. The van der Waals surface area contributed by atoms with Gasteiger partial charge in [-0.1, -0.05) is 0 Å². The smallest absolute Gasteiger partial charge is 0.335 e. The summed E-state index contributed by atoms with van der Waals surface area (Å²) >= 11 is 0. The summed E-state index contributed by atoms with van der Waals surface area (Å²) in [5, 5.41) is 11.1. The summed E-state index contributed by atoms with van der Waals surface area (Å²) in [6, 6.07) is 7.42. The fourth-order valence-corrected chi connectivity index (χ4v) is 9.85. The zero-order chi connectivity index (χ0) is 49.1. The molecule has 0 saturated heterocycles. The minimum absolute atomic E-state index is 0.145. The fraction of sp³-hybridized carbons (Fsp3) is 0.520. The van der Waals surface area contributed by atoms with Gasteiger partial charge in [0.15, 0.2) is 29.1 Å². The fourth-order valence-electron chi connectivity index (χ4n) is 9.85. The predicted molar refractivity (Wildman–Crippen MR) is 257 cm³/mol. The second-order valence-corrected chi connectivity index (χ2v) is 17.8. The van der Waals surface area contributed by atoms with Gasteiger partial charge in [0.1, 0.15) is 12.2 Å². The van der Waals surface area contributed by atoms with Crippen LogP contribution in [0, 0.1) is 0 Å². The number of benzene rings is 2. The molecule has 2 aliphatic heterocycles. The van der Waals surface area contributed by atoms with Gasteiger partial charge in [-0.3, -0.25) is 14.8 Å². The molecule has 7 atom stereocenters. The van der Waals surface area contributed by atoms with Crippen molar-refractivity contribution in [1.82, 2.24) is 19.9 Å². The molecule has 0 spiro atoms. The number of aliphatic imine (C=N–C) groups is 2. The van der Waals surface area contributed by atoms with Crippen molar-refractivity contribution in [1.29, 1.82) is 0 Å². The zero-order valence-corrected chi connectivity index (χ0v) is 41.0. The van der Waals surface area contributed by atoms with E-state index in [1.54, 1.807) is 50.6 Å². The van der Waals surface area contributed by atoms with Crippen molar-refractivity contribution >= 4 is 35.3 Å². The highest BCUT2D eigenvalue weighted by atomic mass is 16.6. The van der Waals surface area contributed by atoms with Crippen molar-refractivity contribution in [2.75, 3.05) is 79.6 Å². The maximum Gasteiger partial charge on any atom is 0.335 e. The molecule has 0 amide bonds. The van der Waals surface area contributed by atoms with Crippen LogP contribution in [0.15, 0.2) is 46.6 Å². The molecule has 368 valence electrons. The first-order chi connectivity index (χ1) is 33.3. The Hall–Kier alpha value is -6.76. The number of carbonyl (C=O) groups excluding carboxylic acids is 2. The number of ether oxygens (including phenoxy) is 8. The predicted octanol–water partition coefficient (Wildman–Crippen LogP) is 5.48. The summed E-state index contributed by atoms with van der Waals surface area (Å²) in [7, 11) is 13.7. The lowest BCUT2D eigenvalue weighted by Gasteiger charge is -2.39. The van der Waals surface area contributed by atoms with Gasteiger partial charge in [0.2, 0.25) is 23.7 Å². The molecule has 2 aliphatic carbocycles. The molecule has 0 radical (unpaired) electrons. The summed E-state index contributed by atoms with van der Waals surface area (Å²) in [6.07, 6.45) is 3.21. The highest BCUT2D eigenvalue weighted by Crippen LogP contribution is 2.48. The lowest BCUT2D eigenvalue weighted by Crippen LogP contribution is -2.39. The van der Waals surface area contributed by atoms with Crippen molar-refractivity contribution < 1.29 is 52.6 Å². The quantitative estimate of drug-likeness (QED) is 0.130. The van der Waals surface area contributed by atoms with E-state index >= 15 is 0 Å². The van der Waals surface area contributed by atoms with Crippen LogP contribution in [0.4, 0.5) is 11.9 Å². The van der Waals surface area contributed by atoms with E-state index < -0.39 is 36.7 Å². The second kappa shape index (κ2) is 20.9. The van der Waals surface area contributed by atoms with Crippen LogP contribution in [0.3, 0.4) is 0 Å². The lowest BCUT2D eigenvalue weighted by molar-refractivity contribution is -0.167. The number of rotatable bonds is 17. The summed E-state index contributed by atoms with van der Waals surface area (Å²) in [5.74, 6) is 2.11. The Labute approximate surface area is 402 Å². The van der Waals surface area contributed by atoms with Crippen LogP contribution in [-0.4, -0.2) is 149 Å². The van der Waals surface area contributed by atoms with Crippen LogP contribution in [-0.2, 0) is 19.1 Å². The third-order valence-electron chi connectivity index (χ3n) is 13.1. The van der Waals surface area contributed by atoms with E-state index in [2.05, 4.69) is 19.9 Å². The van der Waals surface area contributed by atoms with Crippen LogP contribution < -0.4 is 38.2 Å². The van der Waals surface area contributed by atoms with Crippen LogP contribution in [0.5, 0.6) is 34.8 Å². The maximum absolute atomic E-state index is 13.5. The maximum atomic E-state index is 13.5. The van der Waals surface area contributed by atoms with E-state index in [0.29, 0.717) is 121 Å². The number of carbonyl (C=O) groups is 2. The minimum atomic E-state index is -1.72. The first kappa shape index (κ1) is 48.7. The molecule has 4 aliphatic rings. The molecule has 2 aromatic carbocycles. The number of hydrogen-bond donors (Lipinski definition) is 1. The Morgan fingerprint density at radius 2 is 1.07 bits per heavy atom. The van der Waals surface area contributed by atoms with Gasteiger partial charge in [-0.2, -0.15) is 9.97 Å². The molecule has 4 heterocycles. The zero-order valence-electron chi connectivity index (χ0n) is 41.0. The summed E-state index contributed by atoms with van der Waals surface area (Å²) < 4.78 is 47.0. The molecule has 2 fully saturated rings. The lowest BCUT2D eigenvalue weighted by atomic mass is 9.74. The highest BCUT2D eigenvalue weighted by Gasteiger charge is 2.42. The molecule has 19 nitrogen and oxygen atoms in total. The van der Waals surface area contributed by atoms with Gasteiger partial charge >= 0.3 is 11.9 Å². The first-order valence-electron chi connectivity index (χ1n) is 23.4. The number of aliphatic hydroxyl groups is 1. The molecular weight excluding hydrogens is 889 g/mol. The number of anilines is 2. The van der Waals surface area contributed by atoms with E-state index in [1.165, 1.54) is 0 Å². The Kier molecular flexibility index (Phi) is 14.7. The van der Waals surface area contributed by atoms with E-state index in [1.807, 2.05) is 66.3 Å². The molecule has 69 heavy (non-hydrogen) atoms. The number of esters is 2. The molecule has 0 bridgehead atoms. The van der Waals surface area contributed by atoms with Crippen LogP contribution in [0.2, 0.25) is 0 Å². The monoisotopic (exact) mass is 950 g/mol. The second-order valence-electron chi connectivity index (χ2n) is 17.8. The van der Waals surface area contributed by atoms with Crippen molar-refractivity contribution in [3.63, 3.8) is 0 Å². The highest BCUT2D eigenvalue weighted by molar-refractivity contribution is 6.17. The normalized spacial score (nSPS) is 21.6. The van der Waals surface area contributed by atoms with Gasteiger partial charge in [-0.25, -0.2) is 14.8 Å².